The van der Waals surface area contributed by atoms with Crippen LogP contribution in [0.3, 0.4) is 0 Å². The number of hydrogen-bond donors (Lipinski definition) is 1. The summed E-state index contributed by atoms with van der Waals surface area (Å²) in [7, 11) is -4.31. The zero-order valence-corrected chi connectivity index (χ0v) is 15.0. The molecule has 0 aliphatic heterocycles. The zero-order chi connectivity index (χ0) is 14.9. The molecule has 0 atom stereocenters. The van der Waals surface area contributed by atoms with E-state index in [9.17, 15) is 13.2 Å². The fraction of sp³-hybridized carbons (Fsp3) is 0. The Labute approximate surface area is 143 Å². The summed E-state index contributed by atoms with van der Waals surface area (Å²) in [4.78, 5) is 12.1. The number of benzene rings is 2. The topological polar surface area (TPSA) is 71.4 Å². The van der Waals surface area contributed by atoms with Crippen molar-refractivity contribution in [3.05, 3.63) is 60.7 Å². The third kappa shape index (κ3) is 3.57. The van der Waals surface area contributed by atoms with Gasteiger partial charge in [0.05, 0.1) is 4.90 Å². The van der Waals surface area contributed by atoms with Crippen LogP contribution in [0.5, 0.6) is 0 Å². The van der Waals surface area contributed by atoms with Gasteiger partial charge in [-0.1, -0.05) is 12.1 Å². The predicted molar refractivity (Wildman–Crippen MR) is 91.6 cm³/mol. The van der Waals surface area contributed by atoms with Crippen LogP contribution in [-0.4, -0.2) is 18.8 Å². The number of ketones is 1. The second-order valence-electron chi connectivity index (χ2n) is 3.96. The molecule has 4 nitrogen and oxygen atoms in total. The van der Waals surface area contributed by atoms with Gasteiger partial charge in [-0.25, -0.2) is 0 Å². The summed E-state index contributed by atoms with van der Waals surface area (Å²) in [5.74, 6) is -0.279. The van der Waals surface area contributed by atoms with E-state index in [-0.39, 0.29) is 16.2 Å². The fourth-order valence-corrected chi connectivity index (χ4v) is 3.22. The Kier molecular flexibility index (Phi) is 4.82. The van der Waals surface area contributed by atoms with Gasteiger partial charge in [-0.05, 0) is 75.5 Å². The van der Waals surface area contributed by atoms with Crippen molar-refractivity contribution in [3.8, 4) is 0 Å². The second-order valence-corrected chi connectivity index (χ2v) is 7.79. The van der Waals surface area contributed by atoms with Gasteiger partial charge >= 0.3 is 0 Å². The van der Waals surface area contributed by atoms with E-state index in [0.717, 1.165) is 7.14 Å². The van der Waals surface area contributed by atoms with Crippen molar-refractivity contribution in [2.45, 2.75) is 4.90 Å². The van der Waals surface area contributed by atoms with Gasteiger partial charge in [0.25, 0.3) is 10.1 Å². The van der Waals surface area contributed by atoms with E-state index in [2.05, 4.69) is 45.2 Å². The van der Waals surface area contributed by atoms with Crippen molar-refractivity contribution >= 4 is 61.1 Å². The molecule has 0 amide bonds. The molecule has 2 aromatic rings. The molecule has 0 unspecified atom stereocenters. The normalized spacial score (nSPS) is 11.3. The Morgan fingerprint density at radius 2 is 1.75 bits per heavy atom. The highest BCUT2D eigenvalue weighted by atomic mass is 127. The number of hydrogen-bond acceptors (Lipinski definition) is 3. The molecule has 0 heterocycles. The van der Waals surface area contributed by atoms with Gasteiger partial charge in [0.1, 0.15) is 0 Å². The molecule has 0 bridgehead atoms. The number of carbonyl (C=O) groups is 1. The first-order valence-corrected chi connectivity index (χ1v) is 8.96. The predicted octanol–water partition coefficient (Wildman–Crippen LogP) is 3.37. The van der Waals surface area contributed by atoms with Crippen LogP contribution in [0.1, 0.15) is 15.9 Å². The molecule has 0 aliphatic carbocycles. The van der Waals surface area contributed by atoms with E-state index < -0.39 is 10.1 Å². The maximum atomic E-state index is 12.4. The first-order chi connectivity index (χ1) is 9.29. The fourth-order valence-electron chi connectivity index (χ4n) is 1.62. The van der Waals surface area contributed by atoms with Crippen molar-refractivity contribution in [1.82, 2.24) is 0 Å². The van der Waals surface area contributed by atoms with Crippen LogP contribution in [0, 0.1) is 7.14 Å². The van der Waals surface area contributed by atoms with Crippen LogP contribution < -0.4 is 0 Å². The molecule has 0 radical (unpaired) electrons. The molecule has 2 aromatic carbocycles. The lowest BCUT2D eigenvalue weighted by Crippen LogP contribution is -2.06. The van der Waals surface area contributed by atoms with Gasteiger partial charge in [-0.3, -0.25) is 9.35 Å². The third-order valence-corrected chi connectivity index (χ3v) is 5.03. The Morgan fingerprint density at radius 3 is 2.40 bits per heavy atom. The van der Waals surface area contributed by atoms with Crippen molar-refractivity contribution in [3.63, 3.8) is 0 Å². The lowest BCUT2D eigenvalue weighted by Gasteiger charge is -2.06. The molecule has 0 aliphatic rings. The van der Waals surface area contributed by atoms with E-state index in [0.29, 0.717) is 5.56 Å². The maximum Gasteiger partial charge on any atom is 0.294 e. The number of halogens is 2. The van der Waals surface area contributed by atoms with Gasteiger partial charge in [0.15, 0.2) is 5.78 Å². The molecule has 0 fully saturated rings. The minimum atomic E-state index is -4.31. The number of carbonyl (C=O) groups excluding carboxylic acids is 1. The molecular weight excluding hydrogens is 506 g/mol. The molecule has 7 heteroatoms. The van der Waals surface area contributed by atoms with Crippen LogP contribution in [0.25, 0.3) is 0 Å². The first-order valence-electron chi connectivity index (χ1n) is 5.36. The molecule has 104 valence electrons. The van der Waals surface area contributed by atoms with Gasteiger partial charge < -0.3 is 0 Å². The average molecular weight is 514 g/mol. The van der Waals surface area contributed by atoms with Gasteiger partial charge in [0.2, 0.25) is 0 Å². The summed E-state index contributed by atoms with van der Waals surface area (Å²) in [6, 6.07) is 10.8. The molecule has 0 saturated carbocycles. The van der Waals surface area contributed by atoms with Crippen LogP contribution in [0.2, 0.25) is 0 Å². The van der Waals surface area contributed by atoms with Crippen LogP contribution in [-0.2, 0) is 10.1 Å². The Hall–Kier alpha value is -0.520. The van der Waals surface area contributed by atoms with Crippen molar-refractivity contribution in [1.29, 1.82) is 0 Å². The molecule has 0 spiro atoms. The van der Waals surface area contributed by atoms with Gasteiger partial charge in [-0.2, -0.15) is 8.42 Å². The van der Waals surface area contributed by atoms with E-state index in [1.54, 1.807) is 6.07 Å². The molecule has 20 heavy (non-hydrogen) atoms. The lowest BCUT2D eigenvalue weighted by atomic mass is 10.0. The molecule has 0 saturated heterocycles. The molecule has 2 rings (SSSR count). The monoisotopic (exact) mass is 514 g/mol. The Bertz CT molecular complexity index is 785. The zero-order valence-electron chi connectivity index (χ0n) is 9.88. The highest BCUT2D eigenvalue weighted by molar-refractivity contribution is 14.1. The van der Waals surface area contributed by atoms with Crippen molar-refractivity contribution in [2.75, 3.05) is 0 Å². The summed E-state index contributed by atoms with van der Waals surface area (Å²) in [5.41, 5.74) is 0.727. The van der Waals surface area contributed by atoms with E-state index in [1.807, 2.05) is 12.1 Å². The Morgan fingerprint density at radius 1 is 1.05 bits per heavy atom. The molecule has 0 aromatic heterocycles. The molecular formula is C13H8I2O4S. The average Bonchev–Trinajstić information content (AvgIpc) is 2.40. The smallest absolute Gasteiger partial charge is 0.289 e. The van der Waals surface area contributed by atoms with Crippen LogP contribution in [0.15, 0.2) is 47.4 Å². The quantitative estimate of drug-likeness (QED) is 0.388. The minimum Gasteiger partial charge on any atom is -0.289 e. The maximum absolute atomic E-state index is 12.4. The highest BCUT2D eigenvalue weighted by Gasteiger charge is 2.16. The summed E-state index contributed by atoms with van der Waals surface area (Å²) in [6.07, 6.45) is 0. The standard InChI is InChI=1S/C13H8I2O4S/c14-9-4-5-12(15)11(7-9)13(16)8-2-1-3-10(6-8)20(17,18)19/h1-7H,(H,17,18,19). The van der Waals surface area contributed by atoms with E-state index in [4.69, 9.17) is 4.55 Å². The molecule has 1 N–H and O–H groups in total. The largest absolute Gasteiger partial charge is 0.294 e. The SMILES string of the molecule is O=C(c1cccc(S(=O)(=O)O)c1)c1cc(I)ccc1I. The van der Waals surface area contributed by atoms with Crippen LogP contribution in [0.4, 0.5) is 0 Å². The second kappa shape index (κ2) is 6.08. The number of rotatable bonds is 3. The van der Waals surface area contributed by atoms with E-state index in [1.165, 1.54) is 24.3 Å². The van der Waals surface area contributed by atoms with Crippen molar-refractivity contribution < 1.29 is 17.8 Å². The summed E-state index contributed by atoms with van der Waals surface area (Å²) in [5, 5.41) is 0. The summed E-state index contributed by atoms with van der Waals surface area (Å²) >= 11 is 4.16. The third-order valence-electron chi connectivity index (χ3n) is 2.57. The highest BCUT2D eigenvalue weighted by Crippen LogP contribution is 2.21. The van der Waals surface area contributed by atoms with Gasteiger partial charge in [0, 0.05) is 18.3 Å². The van der Waals surface area contributed by atoms with Crippen LogP contribution >= 0.6 is 45.2 Å². The summed E-state index contributed by atoms with van der Waals surface area (Å²) < 4.78 is 32.9. The van der Waals surface area contributed by atoms with Crippen molar-refractivity contribution in [2.24, 2.45) is 0 Å². The van der Waals surface area contributed by atoms with Gasteiger partial charge in [-0.15, -0.1) is 0 Å². The van der Waals surface area contributed by atoms with E-state index >= 15 is 0 Å². The summed E-state index contributed by atoms with van der Waals surface area (Å²) in [6.45, 7) is 0. The minimum absolute atomic E-state index is 0.222. The lowest BCUT2D eigenvalue weighted by molar-refractivity contribution is 0.103. The Balaban J connectivity index is 2.52. The first kappa shape index (κ1) is 15.9.